The smallest absolute Gasteiger partial charge is 0.283 e. The van der Waals surface area contributed by atoms with Crippen molar-refractivity contribution < 1.29 is 19.4 Å². The average molecular weight is 397 g/mol. The average Bonchev–Trinajstić information content (AvgIpc) is 3.10. The Hall–Kier alpha value is -3.39. The molecule has 1 aromatic heterocycles. The lowest BCUT2D eigenvalue weighted by molar-refractivity contribution is 0.0958. The number of phenolic OH excluding ortho intramolecular Hbond substituents is 1. The summed E-state index contributed by atoms with van der Waals surface area (Å²) in [6.07, 6.45) is 1.37. The van der Waals surface area contributed by atoms with Crippen molar-refractivity contribution in [1.82, 2.24) is 10.4 Å². The second-order valence-electron chi connectivity index (χ2n) is 5.76. The molecule has 2 aromatic carbocycles. The van der Waals surface area contributed by atoms with Gasteiger partial charge in [0.2, 0.25) is 0 Å². The van der Waals surface area contributed by atoms with Gasteiger partial charge in [-0.3, -0.25) is 4.79 Å². The lowest BCUT2D eigenvalue weighted by Crippen LogP contribution is -2.17. The van der Waals surface area contributed by atoms with E-state index in [9.17, 15) is 9.90 Å². The number of ether oxygens (including phenoxy) is 2. The Kier molecular flexibility index (Phi) is 5.90. The van der Waals surface area contributed by atoms with Gasteiger partial charge in [-0.15, -0.1) is 11.3 Å². The number of hydrazone groups is 1. The van der Waals surface area contributed by atoms with Crippen LogP contribution in [0.25, 0.3) is 10.6 Å². The fourth-order valence-electron chi connectivity index (χ4n) is 2.51. The van der Waals surface area contributed by atoms with Crippen LogP contribution in [0.5, 0.6) is 17.2 Å². The molecule has 0 radical (unpaired) electrons. The van der Waals surface area contributed by atoms with E-state index in [-0.39, 0.29) is 11.7 Å². The first kappa shape index (κ1) is 19.4. The second-order valence-corrected chi connectivity index (χ2v) is 6.76. The number of amides is 1. The van der Waals surface area contributed by atoms with E-state index in [1.165, 1.54) is 30.7 Å². The number of rotatable bonds is 6. The molecule has 1 amide bonds. The third-order valence-corrected chi connectivity index (χ3v) is 5.14. The summed E-state index contributed by atoms with van der Waals surface area (Å²) < 4.78 is 10.4. The monoisotopic (exact) mass is 397 g/mol. The molecule has 0 spiro atoms. The SMILES string of the molecule is COc1ccc(/C=N/NC(=O)c2sc(-c3ccccc3OC)nc2C)c(O)c1. The number of benzene rings is 2. The van der Waals surface area contributed by atoms with Gasteiger partial charge in [-0.25, -0.2) is 10.4 Å². The number of nitrogens with one attached hydrogen (secondary N) is 1. The van der Waals surface area contributed by atoms with Gasteiger partial charge in [-0.1, -0.05) is 12.1 Å². The maximum Gasteiger partial charge on any atom is 0.283 e. The van der Waals surface area contributed by atoms with Gasteiger partial charge < -0.3 is 14.6 Å². The number of nitrogens with zero attached hydrogens (tertiary/aromatic N) is 2. The fourth-order valence-corrected chi connectivity index (χ4v) is 3.50. The Morgan fingerprint density at radius 3 is 2.71 bits per heavy atom. The number of hydrogen-bond acceptors (Lipinski definition) is 7. The van der Waals surface area contributed by atoms with Crippen LogP contribution in [0.4, 0.5) is 0 Å². The molecular weight excluding hydrogens is 378 g/mol. The molecule has 0 atom stereocenters. The standard InChI is InChI=1S/C20H19N3O4S/c1-12-18(28-20(22-12)15-6-4-5-7-17(15)27-3)19(25)23-21-11-13-8-9-14(26-2)10-16(13)24/h4-11,24H,1-3H3,(H,23,25)/b21-11+. The quantitative estimate of drug-likeness (QED) is 0.490. The van der Waals surface area contributed by atoms with E-state index in [4.69, 9.17) is 9.47 Å². The first-order chi connectivity index (χ1) is 13.5. The predicted octanol–water partition coefficient (Wildman–Crippen LogP) is 3.61. The molecule has 0 unspecified atom stereocenters. The van der Waals surface area contributed by atoms with Crippen LogP contribution in [0.2, 0.25) is 0 Å². The first-order valence-corrected chi connectivity index (χ1v) is 9.16. The summed E-state index contributed by atoms with van der Waals surface area (Å²) in [5.41, 5.74) is 4.35. The van der Waals surface area contributed by atoms with Gasteiger partial charge in [0.15, 0.2) is 0 Å². The lowest BCUT2D eigenvalue weighted by atomic mass is 10.2. The molecule has 144 valence electrons. The van der Waals surface area contributed by atoms with Crippen molar-refractivity contribution in [3.63, 3.8) is 0 Å². The molecule has 28 heavy (non-hydrogen) atoms. The van der Waals surface area contributed by atoms with Crippen molar-refractivity contribution in [2.45, 2.75) is 6.92 Å². The topological polar surface area (TPSA) is 93.0 Å². The third-order valence-electron chi connectivity index (χ3n) is 3.95. The number of aromatic nitrogens is 1. The van der Waals surface area contributed by atoms with Crippen molar-refractivity contribution in [2.75, 3.05) is 14.2 Å². The zero-order valence-electron chi connectivity index (χ0n) is 15.6. The van der Waals surface area contributed by atoms with E-state index in [0.29, 0.717) is 32.6 Å². The molecule has 0 saturated heterocycles. The summed E-state index contributed by atoms with van der Waals surface area (Å²) in [7, 11) is 3.11. The summed E-state index contributed by atoms with van der Waals surface area (Å²) in [6.45, 7) is 1.77. The number of hydrogen-bond donors (Lipinski definition) is 2. The number of thiazole rings is 1. The third kappa shape index (κ3) is 4.12. The van der Waals surface area contributed by atoms with Crippen LogP contribution in [0.1, 0.15) is 20.9 Å². The molecule has 0 aliphatic heterocycles. The highest BCUT2D eigenvalue weighted by molar-refractivity contribution is 7.17. The van der Waals surface area contributed by atoms with Crippen LogP contribution in [-0.2, 0) is 0 Å². The van der Waals surface area contributed by atoms with Crippen molar-refractivity contribution in [1.29, 1.82) is 0 Å². The number of phenols is 1. The largest absolute Gasteiger partial charge is 0.507 e. The number of aryl methyl sites for hydroxylation is 1. The number of aromatic hydroxyl groups is 1. The molecule has 8 heteroatoms. The van der Waals surface area contributed by atoms with E-state index in [1.807, 2.05) is 24.3 Å². The molecule has 3 aromatic rings. The molecule has 7 nitrogen and oxygen atoms in total. The molecular formula is C20H19N3O4S. The van der Waals surface area contributed by atoms with Crippen molar-refractivity contribution in [2.24, 2.45) is 5.10 Å². The van der Waals surface area contributed by atoms with Gasteiger partial charge in [0, 0.05) is 11.6 Å². The van der Waals surface area contributed by atoms with Gasteiger partial charge in [-0.05, 0) is 31.2 Å². The van der Waals surface area contributed by atoms with E-state index in [1.54, 1.807) is 26.2 Å². The van der Waals surface area contributed by atoms with Crippen LogP contribution >= 0.6 is 11.3 Å². The van der Waals surface area contributed by atoms with Crippen LogP contribution in [0, 0.1) is 6.92 Å². The number of carbonyl (C=O) groups is 1. The van der Waals surface area contributed by atoms with Crippen molar-refractivity contribution in [3.8, 4) is 27.8 Å². The highest BCUT2D eigenvalue weighted by Gasteiger charge is 2.17. The summed E-state index contributed by atoms with van der Waals surface area (Å²) in [4.78, 5) is 17.4. The minimum atomic E-state index is -0.375. The first-order valence-electron chi connectivity index (χ1n) is 8.34. The van der Waals surface area contributed by atoms with E-state index >= 15 is 0 Å². The Morgan fingerprint density at radius 2 is 2.00 bits per heavy atom. The van der Waals surface area contributed by atoms with E-state index in [0.717, 1.165) is 5.56 Å². The molecule has 0 saturated carbocycles. The Bertz CT molecular complexity index is 1030. The number of para-hydroxylation sites is 1. The molecule has 2 N–H and O–H groups in total. The van der Waals surface area contributed by atoms with Gasteiger partial charge >= 0.3 is 0 Å². The minimum absolute atomic E-state index is 0.00442. The van der Waals surface area contributed by atoms with Crippen LogP contribution in [0.3, 0.4) is 0 Å². The van der Waals surface area contributed by atoms with E-state index in [2.05, 4.69) is 15.5 Å². The Morgan fingerprint density at radius 1 is 1.21 bits per heavy atom. The van der Waals surface area contributed by atoms with Crippen molar-refractivity contribution >= 4 is 23.5 Å². The predicted molar refractivity (Wildman–Crippen MR) is 109 cm³/mol. The lowest BCUT2D eigenvalue weighted by Gasteiger charge is -2.04. The van der Waals surface area contributed by atoms with Gasteiger partial charge in [0.05, 0.1) is 31.7 Å². The summed E-state index contributed by atoms with van der Waals surface area (Å²) >= 11 is 1.26. The molecule has 3 rings (SSSR count). The maximum atomic E-state index is 12.5. The van der Waals surface area contributed by atoms with Crippen LogP contribution in [0.15, 0.2) is 47.6 Å². The second kappa shape index (κ2) is 8.53. The van der Waals surface area contributed by atoms with Crippen LogP contribution in [-0.4, -0.2) is 36.4 Å². The summed E-state index contributed by atoms with van der Waals surface area (Å²) in [5, 5.41) is 14.5. The van der Waals surface area contributed by atoms with Crippen molar-refractivity contribution in [3.05, 3.63) is 58.6 Å². The highest BCUT2D eigenvalue weighted by atomic mass is 32.1. The highest BCUT2D eigenvalue weighted by Crippen LogP contribution is 2.34. The Labute approximate surface area is 166 Å². The summed E-state index contributed by atoms with van der Waals surface area (Å²) in [5.74, 6) is 0.851. The number of carbonyl (C=O) groups excluding carboxylic acids is 1. The van der Waals surface area contributed by atoms with Gasteiger partial charge in [-0.2, -0.15) is 5.10 Å². The maximum absolute atomic E-state index is 12.5. The molecule has 0 aliphatic carbocycles. The molecule has 1 heterocycles. The zero-order valence-corrected chi connectivity index (χ0v) is 16.4. The van der Waals surface area contributed by atoms with E-state index < -0.39 is 0 Å². The molecule has 0 bridgehead atoms. The normalized spacial score (nSPS) is 10.8. The zero-order chi connectivity index (χ0) is 20.1. The molecule has 0 aliphatic rings. The van der Waals surface area contributed by atoms with Crippen LogP contribution < -0.4 is 14.9 Å². The molecule has 0 fully saturated rings. The fraction of sp³-hybridized carbons (Fsp3) is 0.150. The Balaban J connectivity index is 1.76. The minimum Gasteiger partial charge on any atom is -0.507 e. The summed E-state index contributed by atoms with van der Waals surface area (Å²) in [6, 6.07) is 12.3. The number of methoxy groups -OCH3 is 2. The van der Waals surface area contributed by atoms with Gasteiger partial charge in [0.1, 0.15) is 27.1 Å². The van der Waals surface area contributed by atoms with Gasteiger partial charge in [0.25, 0.3) is 5.91 Å².